The Balaban J connectivity index is 2.01. The van der Waals surface area contributed by atoms with Gasteiger partial charge < -0.3 is 14.9 Å². The molecule has 2 rings (SSSR count). The van der Waals surface area contributed by atoms with Crippen LogP contribution in [0, 0.1) is 17.8 Å². The summed E-state index contributed by atoms with van der Waals surface area (Å²) in [6.45, 7) is 5.89. The van der Waals surface area contributed by atoms with Crippen molar-refractivity contribution in [1.29, 1.82) is 0 Å². The summed E-state index contributed by atoms with van der Waals surface area (Å²) in [5.41, 5.74) is 0.309. The molecule has 1 aromatic carbocycles. The van der Waals surface area contributed by atoms with Crippen molar-refractivity contribution >= 4 is 5.69 Å². The molecule has 0 spiro atoms. The zero-order valence-corrected chi connectivity index (χ0v) is 13.6. The summed E-state index contributed by atoms with van der Waals surface area (Å²) in [6.07, 6.45) is 0.752. The summed E-state index contributed by atoms with van der Waals surface area (Å²) in [5, 5.41) is 10.8. The molecule has 1 unspecified atom stereocenters. The van der Waals surface area contributed by atoms with Crippen molar-refractivity contribution in [3.05, 3.63) is 30.3 Å². The zero-order chi connectivity index (χ0) is 15.5. The number of benzene rings is 1. The van der Waals surface area contributed by atoms with Crippen LogP contribution < -0.4 is 9.80 Å². The molecule has 1 aliphatic rings. The second-order valence-corrected chi connectivity index (χ2v) is 6.47. The van der Waals surface area contributed by atoms with Crippen LogP contribution in [0.3, 0.4) is 0 Å². The number of hydrogen-bond acceptors (Lipinski definition) is 2. The first kappa shape index (κ1) is 15.9. The molecule has 0 radical (unpaired) electrons. The Hall–Kier alpha value is -1.50. The lowest BCUT2D eigenvalue weighted by atomic mass is 9.79. The molecular formula is C18H27N2O+. The van der Waals surface area contributed by atoms with E-state index in [0.29, 0.717) is 12.6 Å². The topological polar surface area (TPSA) is 27.9 Å². The average molecular weight is 287 g/mol. The molecule has 1 aromatic rings. The first-order chi connectivity index (χ1) is 9.92. The zero-order valence-electron chi connectivity index (χ0n) is 13.6. The number of nitrogens with zero attached hydrogens (tertiary/aromatic N) is 1. The van der Waals surface area contributed by atoms with Crippen LogP contribution in [0.15, 0.2) is 30.3 Å². The van der Waals surface area contributed by atoms with Gasteiger partial charge in [-0.1, -0.05) is 37.0 Å². The molecule has 1 heterocycles. The first-order valence-corrected chi connectivity index (χ1v) is 7.73. The number of nitrogens with one attached hydrogen (secondary N) is 1. The van der Waals surface area contributed by atoms with Gasteiger partial charge >= 0.3 is 0 Å². The van der Waals surface area contributed by atoms with Gasteiger partial charge in [-0.3, -0.25) is 0 Å². The molecule has 0 saturated carbocycles. The van der Waals surface area contributed by atoms with Gasteiger partial charge in [0.15, 0.2) is 0 Å². The molecule has 114 valence electrons. The molecule has 3 nitrogen and oxygen atoms in total. The van der Waals surface area contributed by atoms with Crippen LogP contribution in [-0.2, 0) is 0 Å². The number of anilines is 1. The van der Waals surface area contributed by atoms with Crippen LogP contribution in [-0.4, -0.2) is 43.9 Å². The Morgan fingerprint density at radius 3 is 2.67 bits per heavy atom. The smallest absolute Gasteiger partial charge is 0.139 e. The Labute approximate surface area is 128 Å². The van der Waals surface area contributed by atoms with E-state index >= 15 is 0 Å². The second-order valence-electron chi connectivity index (χ2n) is 6.47. The van der Waals surface area contributed by atoms with E-state index in [4.69, 9.17) is 0 Å². The second kappa shape index (κ2) is 6.51. The summed E-state index contributed by atoms with van der Waals surface area (Å²) in [5.74, 6) is 6.54. The molecule has 0 aromatic heterocycles. The molecule has 0 aliphatic carbocycles. The maximum absolute atomic E-state index is 10.8. The van der Waals surface area contributed by atoms with E-state index in [1.165, 1.54) is 4.90 Å². The van der Waals surface area contributed by atoms with Gasteiger partial charge in [-0.05, 0) is 19.1 Å². The summed E-state index contributed by atoms with van der Waals surface area (Å²) < 4.78 is 0. The molecule has 1 fully saturated rings. The normalized spacial score (nSPS) is 32.1. The summed E-state index contributed by atoms with van der Waals surface area (Å²) in [4.78, 5) is 3.58. The highest BCUT2D eigenvalue weighted by Crippen LogP contribution is 2.24. The van der Waals surface area contributed by atoms with E-state index in [0.717, 1.165) is 18.7 Å². The van der Waals surface area contributed by atoms with Crippen molar-refractivity contribution in [2.45, 2.75) is 31.9 Å². The summed E-state index contributed by atoms with van der Waals surface area (Å²) in [6, 6.07) is 10.6. The van der Waals surface area contributed by atoms with Crippen LogP contribution in [0.4, 0.5) is 5.69 Å². The molecule has 0 bridgehead atoms. The Morgan fingerprint density at radius 2 is 2.00 bits per heavy atom. The molecule has 3 heteroatoms. The quantitative estimate of drug-likeness (QED) is 0.788. The molecule has 2 N–H and O–H groups in total. The molecule has 0 amide bonds. The van der Waals surface area contributed by atoms with Gasteiger partial charge in [0.05, 0.1) is 26.2 Å². The molecule has 1 aliphatic heterocycles. The molecule has 4 atom stereocenters. The minimum atomic E-state index is -0.837. The van der Waals surface area contributed by atoms with Crippen molar-refractivity contribution in [2.75, 3.05) is 32.1 Å². The minimum Gasteiger partial charge on any atom is -0.377 e. The van der Waals surface area contributed by atoms with Crippen LogP contribution in [0.1, 0.15) is 20.3 Å². The van der Waals surface area contributed by atoms with Crippen LogP contribution in [0.25, 0.3) is 0 Å². The highest BCUT2D eigenvalue weighted by Gasteiger charge is 2.42. The van der Waals surface area contributed by atoms with Crippen molar-refractivity contribution in [3.8, 4) is 11.8 Å². The fraction of sp³-hybridized carbons (Fsp3) is 0.556. The van der Waals surface area contributed by atoms with Gasteiger partial charge in [0, 0.05) is 25.1 Å². The Bertz CT molecular complexity index is 519. The van der Waals surface area contributed by atoms with Gasteiger partial charge in [-0.25, -0.2) is 0 Å². The fourth-order valence-corrected chi connectivity index (χ4v) is 2.95. The van der Waals surface area contributed by atoms with E-state index in [-0.39, 0.29) is 5.92 Å². The number of hydrogen-bond donors (Lipinski definition) is 2. The lowest BCUT2D eigenvalue weighted by molar-refractivity contribution is -0.915. The lowest BCUT2D eigenvalue weighted by Crippen LogP contribution is -3.15. The maximum Gasteiger partial charge on any atom is 0.139 e. The fourth-order valence-electron chi connectivity index (χ4n) is 2.95. The molecular weight excluding hydrogens is 260 g/mol. The third-order valence-electron chi connectivity index (χ3n) is 4.72. The largest absolute Gasteiger partial charge is 0.377 e. The van der Waals surface area contributed by atoms with Crippen molar-refractivity contribution in [1.82, 2.24) is 0 Å². The third-order valence-corrected chi connectivity index (χ3v) is 4.72. The monoisotopic (exact) mass is 287 g/mol. The van der Waals surface area contributed by atoms with E-state index in [1.807, 2.05) is 25.2 Å². The highest BCUT2D eigenvalue weighted by atomic mass is 16.3. The van der Waals surface area contributed by atoms with Crippen LogP contribution in [0.2, 0.25) is 0 Å². The molecule has 1 saturated heterocycles. The van der Waals surface area contributed by atoms with E-state index in [1.54, 1.807) is 0 Å². The SMILES string of the molecule is C[C@@H]1C[C@@](O)(C#CCN(C)c2ccccc2)[C@H](C)C[NH+]1C. The number of likely N-dealkylation sites (tertiary alicyclic amines) is 1. The predicted octanol–water partition coefficient (Wildman–Crippen LogP) is 0.800. The lowest BCUT2D eigenvalue weighted by Gasteiger charge is -2.40. The number of rotatable bonds is 2. The standard InChI is InChI=1S/C18H26N2O/c1-15-14-20(4)16(2)13-18(15,21)11-8-12-19(3)17-9-6-5-7-10-17/h5-7,9-10,15-16,21H,12-14H2,1-4H3/p+1/t15-,16-,18+/m1/s1. The maximum atomic E-state index is 10.8. The Morgan fingerprint density at radius 1 is 1.33 bits per heavy atom. The van der Waals surface area contributed by atoms with Gasteiger partial charge in [0.1, 0.15) is 5.60 Å². The average Bonchev–Trinajstić information content (AvgIpc) is 2.46. The van der Waals surface area contributed by atoms with Gasteiger partial charge in [-0.2, -0.15) is 0 Å². The van der Waals surface area contributed by atoms with E-state index in [2.05, 4.69) is 49.8 Å². The number of piperidine rings is 1. The van der Waals surface area contributed by atoms with Crippen molar-refractivity contribution in [2.24, 2.45) is 5.92 Å². The van der Waals surface area contributed by atoms with Crippen molar-refractivity contribution < 1.29 is 10.0 Å². The van der Waals surface area contributed by atoms with Gasteiger partial charge in [0.2, 0.25) is 0 Å². The summed E-state index contributed by atoms with van der Waals surface area (Å²) >= 11 is 0. The van der Waals surface area contributed by atoms with E-state index in [9.17, 15) is 5.11 Å². The molecule has 21 heavy (non-hydrogen) atoms. The number of para-hydroxylation sites is 1. The first-order valence-electron chi connectivity index (χ1n) is 7.73. The summed E-state index contributed by atoms with van der Waals surface area (Å²) in [7, 11) is 4.22. The third kappa shape index (κ3) is 3.78. The number of quaternary nitrogens is 1. The van der Waals surface area contributed by atoms with Crippen molar-refractivity contribution in [3.63, 3.8) is 0 Å². The van der Waals surface area contributed by atoms with Crippen LogP contribution >= 0.6 is 0 Å². The van der Waals surface area contributed by atoms with Crippen LogP contribution in [0.5, 0.6) is 0 Å². The highest BCUT2D eigenvalue weighted by molar-refractivity contribution is 5.46. The minimum absolute atomic E-state index is 0.211. The predicted molar refractivity (Wildman–Crippen MR) is 87.4 cm³/mol. The number of aliphatic hydroxyl groups is 1. The van der Waals surface area contributed by atoms with E-state index < -0.39 is 5.60 Å². The van der Waals surface area contributed by atoms with Gasteiger partial charge in [-0.15, -0.1) is 0 Å². The van der Waals surface area contributed by atoms with Gasteiger partial charge in [0.25, 0.3) is 0 Å². The Kier molecular flexibility index (Phi) is 4.92.